The van der Waals surface area contributed by atoms with Gasteiger partial charge in [0.05, 0.1) is 16.6 Å². The monoisotopic (exact) mass is 782 g/mol. The van der Waals surface area contributed by atoms with Crippen molar-refractivity contribution in [3.05, 3.63) is 228 Å². The highest BCUT2D eigenvalue weighted by Gasteiger charge is 2.63. The van der Waals surface area contributed by atoms with Gasteiger partial charge in [0.15, 0.2) is 5.82 Å². The molecule has 5 aliphatic rings. The lowest BCUT2D eigenvalue weighted by Crippen LogP contribution is -2.59. The van der Waals surface area contributed by atoms with Crippen molar-refractivity contribution in [2.24, 2.45) is 23.7 Å². The van der Waals surface area contributed by atoms with Crippen LogP contribution in [-0.2, 0) is 10.8 Å². The molecule has 0 atom stereocenters. The van der Waals surface area contributed by atoms with Crippen LogP contribution in [0, 0.1) is 23.7 Å². The number of benzene rings is 8. The summed E-state index contributed by atoms with van der Waals surface area (Å²) < 4.78 is 0. The van der Waals surface area contributed by atoms with Gasteiger partial charge >= 0.3 is 0 Å². The van der Waals surface area contributed by atoms with Gasteiger partial charge in [-0.1, -0.05) is 176 Å². The molecule has 1 aromatic heterocycles. The Hall–Kier alpha value is -6.64. The summed E-state index contributed by atoms with van der Waals surface area (Å²) >= 11 is 0. The van der Waals surface area contributed by atoms with Gasteiger partial charge in [-0.15, -0.1) is 0 Å². The number of hydrogen-bond donors (Lipinski definition) is 0. The fraction of sp³-hybridized carbons (Fsp3) is 0.186. The third-order valence-corrected chi connectivity index (χ3v) is 15.6. The zero-order valence-corrected chi connectivity index (χ0v) is 34.2. The molecule has 8 aromatic carbocycles. The molecule has 0 aliphatic heterocycles. The Balaban J connectivity index is 1.04. The van der Waals surface area contributed by atoms with Gasteiger partial charge in [0.25, 0.3) is 0 Å². The standard InChI is InChI=1S/C59H46N2/c1-3-19-44(20-4-1)58(45-21-5-2-6-22-45)51-26-10-11-27-52(51)59(46-32-38-31-39(34-46)35-47(59)33-38)53-30-29-42(37-54(53)58)41-17-13-18-43(36-41)57-60-55-28-12-9-24-50(55)56(61-57)49-25-14-16-40-15-7-8-23-48(40)49/h1-30,36-39,46-47H,31-35H2. The largest absolute Gasteiger partial charge is 0.228 e. The smallest absolute Gasteiger partial charge is 0.160 e. The Kier molecular flexibility index (Phi) is 7.74. The maximum Gasteiger partial charge on any atom is 0.160 e. The van der Waals surface area contributed by atoms with Gasteiger partial charge in [0.1, 0.15) is 0 Å². The van der Waals surface area contributed by atoms with Crippen molar-refractivity contribution in [2.45, 2.75) is 42.9 Å². The molecular formula is C59H46N2. The number of nitrogens with zero attached hydrogens (tertiary/aromatic N) is 2. The molecule has 0 unspecified atom stereocenters. The topological polar surface area (TPSA) is 25.8 Å². The first kappa shape index (κ1) is 35.1. The predicted molar refractivity (Wildman–Crippen MR) is 249 cm³/mol. The van der Waals surface area contributed by atoms with Gasteiger partial charge in [-0.3, -0.25) is 0 Å². The molecule has 2 nitrogen and oxygen atoms in total. The zero-order valence-electron chi connectivity index (χ0n) is 34.2. The zero-order chi connectivity index (χ0) is 40.1. The fourth-order valence-corrected chi connectivity index (χ4v) is 13.5. The minimum Gasteiger partial charge on any atom is -0.228 e. The van der Waals surface area contributed by atoms with Crippen LogP contribution in [-0.4, -0.2) is 9.97 Å². The van der Waals surface area contributed by atoms with Crippen LogP contribution in [0.3, 0.4) is 0 Å². The molecule has 14 rings (SSSR count). The van der Waals surface area contributed by atoms with Crippen LogP contribution in [0.1, 0.15) is 65.5 Å². The van der Waals surface area contributed by atoms with Gasteiger partial charge in [-0.05, 0) is 129 Å². The van der Waals surface area contributed by atoms with E-state index in [2.05, 4.69) is 194 Å². The molecule has 0 saturated heterocycles. The van der Waals surface area contributed by atoms with Gasteiger partial charge in [0.2, 0.25) is 0 Å². The summed E-state index contributed by atoms with van der Waals surface area (Å²) in [6, 6.07) is 72.6. The van der Waals surface area contributed by atoms with Crippen molar-refractivity contribution in [3.8, 4) is 33.8 Å². The minimum absolute atomic E-state index is 0.00370. The Morgan fingerprint density at radius 2 is 0.967 bits per heavy atom. The van der Waals surface area contributed by atoms with Crippen molar-refractivity contribution in [3.63, 3.8) is 0 Å². The van der Waals surface area contributed by atoms with Gasteiger partial charge in [-0.25, -0.2) is 9.97 Å². The van der Waals surface area contributed by atoms with Crippen molar-refractivity contribution >= 4 is 21.7 Å². The maximum atomic E-state index is 5.41. The van der Waals surface area contributed by atoms with Crippen LogP contribution in [0.4, 0.5) is 0 Å². The third-order valence-electron chi connectivity index (χ3n) is 15.6. The van der Waals surface area contributed by atoms with E-state index in [0.29, 0.717) is 11.8 Å². The van der Waals surface area contributed by atoms with Crippen LogP contribution in [0.2, 0.25) is 0 Å². The second-order valence-corrected chi connectivity index (χ2v) is 18.5. The average molecular weight is 783 g/mol. The molecule has 4 fully saturated rings. The maximum absolute atomic E-state index is 5.41. The number of rotatable bonds is 5. The lowest BCUT2D eigenvalue weighted by molar-refractivity contribution is -0.0440. The predicted octanol–water partition coefficient (Wildman–Crippen LogP) is 14.2. The van der Waals surface area contributed by atoms with E-state index in [1.54, 1.807) is 11.1 Å². The van der Waals surface area contributed by atoms with Crippen molar-refractivity contribution in [2.75, 3.05) is 0 Å². The highest BCUT2D eigenvalue weighted by molar-refractivity contribution is 6.03. The molecule has 2 heteroatoms. The number of aromatic nitrogens is 2. The van der Waals surface area contributed by atoms with Crippen LogP contribution >= 0.6 is 0 Å². The van der Waals surface area contributed by atoms with E-state index >= 15 is 0 Å². The lowest BCUT2D eigenvalue weighted by Gasteiger charge is -2.65. The van der Waals surface area contributed by atoms with E-state index in [9.17, 15) is 0 Å². The van der Waals surface area contributed by atoms with Crippen molar-refractivity contribution in [1.29, 1.82) is 0 Å². The summed E-state index contributed by atoms with van der Waals surface area (Å²) in [4.78, 5) is 10.6. The highest BCUT2D eigenvalue weighted by atomic mass is 14.9. The molecule has 5 aliphatic carbocycles. The summed E-state index contributed by atoms with van der Waals surface area (Å²) in [6.45, 7) is 0. The number of para-hydroxylation sites is 1. The Morgan fingerprint density at radius 1 is 0.393 bits per heavy atom. The first-order valence-electron chi connectivity index (χ1n) is 22.4. The van der Waals surface area contributed by atoms with E-state index in [1.807, 2.05) is 0 Å². The van der Waals surface area contributed by atoms with Crippen molar-refractivity contribution in [1.82, 2.24) is 9.97 Å². The molecule has 61 heavy (non-hydrogen) atoms. The second-order valence-electron chi connectivity index (χ2n) is 18.5. The third kappa shape index (κ3) is 5.03. The SMILES string of the molecule is c1ccc(C2(c3ccccc3)c3ccccc3C3(c4ccc(-c5cccc(-c6nc(-c7cccc8ccccc78)c7ccccc7n6)c5)cc42)C2CC4CC(C2)CC3C4)cc1. The summed E-state index contributed by atoms with van der Waals surface area (Å²) in [6.07, 6.45) is 6.83. The summed E-state index contributed by atoms with van der Waals surface area (Å²) in [5.41, 5.74) is 14.7. The molecule has 0 N–H and O–H groups in total. The number of hydrogen-bond acceptors (Lipinski definition) is 2. The molecule has 4 saturated carbocycles. The van der Waals surface area contributed by atoms with Gasteiger partial charge < -0.3 is 0 Å². The fourth-order valence-electron chi connectivity index (χ4n) is 13.5. The second kappa shape index (κ2) is 13.4. The van der Waals surface area contributed by atoms with Crippen LogP contribution < -0.4 is 0 Å². The first-order chi connectivity index (χ1) is 30.2. The Labute approximate surface area is 358 Å². The Bertz CT molecular complexity index is 3090. The summed E-state index contributed by atoms with van der Waals surface area (Å²) in [7, 11) is 0. The molecule has 0 radical (unpaired) electrons. The molecule has 1 spiro atoms. The lowest BCUT2D eigenvalue weighted by atomic mass is 9.38. The van der Waals surface area contributed by atoms with E-state index < -0.39 is 5.41 Å². The van der Waals surface area contributed by atoms with Crippen LogP contribution in [0.15, 0.2) is 194 Å². The highest BCUT2D eigenvalue weighted by Crippen LogP contribution is 2.70. The summed E-state index contributed by atoms with van der Waals surface area (Å²) in [5.74, 6) is 3.80. The summed E-state index contributed by atoms with van der Waals surface area (Å²) in [5, 5.41) is 3.46. The van der Waals surface area contributed by atoms with Crippen LogP contribution in [0.5, 0.6) is 0 Å². The average Bonchev–Trinajstić information content (AvgIpc) is 3.32. The molecule has 1 heterocycles. The molecular weight excluding hydrogens is 737 g/mol. The number of fused-ring (bicyclic) bond motifs is 4. The molecule has 292 valence electrons. The van der Waals surface area contributed by atoms with Gasteiger partial charge in [0, 0.05) is 21.9 Å². The van der Waals surface area contributed by atoms with E-state index in [0.717, 1.165) is 45.4 Å². The first-order valence-corrected chi connectivity index (χ1v) is 22.4. The molecule has 0 amide bonds. The van der Waals surface area contributed by atoms with E-state index in [4.69, 9.17) is 9.97 Å². The van der Waals surface area contributed by atoms with E-state index in [1.165, 1.54) is 76.3 Å². The normalized spacial score (nSPS) is 23.0. The Morgan fingerprint density at radius 3 is 1.72 bits per heavy atom. The minimum atomic E-state index is -0.489. The quantitative estimate of drug-likeness (QED) is 0.174. The molecule has 9 aromatic rings. The van der Waals surface area contributed by atoms with Crippen molar-refractivity contribution < 1.29 is 0 Å². The van der Waals surface area contributed by atoms with Gasteiger partial charge in [-0.2, -0.15) is 0 Å². The van der Waals surface area contributed by atoms with E-state index in [-0.39, 0.29) is 5.41 Å². The molecule has 4 bridgehead atoms. The van der Waals surface area contributed by atoms with Crippen LogP contribution in [0.25, 0.3) is 55.4 Å².